The van der Waals surface area contributed by atoms with Gasteiger partial charge in [-0.05, 0) is 36.7 Å². The topological polar surface area (TPSA) is 43.4 Å². The highest BCUT2D eigenvalue weighted by atomic mass is 16.5. The van der Waals surface area contributed by atoms with Crippen LogP contribution < -0.4 is 10.1 Å². The number of nitrogens with one attached hydrogen (secondary N) is 1. The minimum Gasteiger partial charge on any atom is -0.439 e. The zero-order chi connectivity index (χ0) is 14.2. The van der Waals surface area contributed by atoms with Gasteiger partial charge in [-0.25, -0.2) is 4.98 Å². The number of rotatable bonds is 7. The van der Waals surface area contributed by atoms with Gasteiger partial charge >= 0.3 is 0 Å². The second kappa shape index (κ2) is 7.62. The molecule has 0 aliphatic rings. The minimum atomic E-state index is 0.606. The highest BCUT2D eigenvalue weighted by molar-refractivity contribution is 5.31. The van der Waals surface area contributed by atoms with E-state index in [9.17, 15) is 0 Å². The molecule has 1 heterocycles. The second-order valence-corrected chi connectivity index (χ2v) is 4.52. The van der Waals surface area contributed by atoms with Gasteiger partial charge < -0.3 is 14.8 Å². The van der Waals surface area contributed by atoms with Crippen LogP contribution in [0.5, 0.6) is 11.6 Å². The molecule has 0 unspecified atom stereocenters. The minimum absolute atomic E-state index is 0.606. The van der Waals surface area contributed by atoms with Crippen molar-refractivity contribution >= 4 is 0 Å². The van der Waals surface area contributed by atoms with Crippen LogP contribution in [-0.4, -0.2) is 25.7 Å². The van der Waals surface area contributed by atoms with E-state index in [-0.39, 0.29) is 0 Å². The van der Waals surface area contributed by atoms with Crippen molar-refractivity contribution in [1.82, 2.24) is 10.3 Å². The molecule has 2 rings (SSSR count). The van der Waals surface area contributed by atoms with Gasteiger partial charge in [-0.2, -0.15) is 0 Å². The maximum Gasteiger partial charge on any atom is 0.219 e. The van der Waals surface area contributed by atoms with Crippen molar-refractivity contribution in [1.29, 1.82) is 0 Å². The maximum absolute atomic E-state index is 5.71. The molecular weight excluding hydrogens is 252 g/mol. The second-order valence-electron chi connectivity index (χ2n) is 4.52. The first kappa shape index (κ1) is 14.5. The van der Waals surface area contributed by atoms with Crippen LogP contribution in [0, 0.1) is 0 Å². The number of methoxy groups -OCH3 is 1. The number of benzene rings is 1. The number of hydrogen-bond acceptors (Lipinski definition) is 4. The van der Waals surface area contributed by atoms with E-state index in [4.69, 9.17) is 9.47 Å². The molecule has 0 aliphatic carbocycles. The Morgan fingerprint density at radius 1 is 1.05 bits per heavy atom. The Kier molecular flexibility index (Phi) is 5.53. The molecule has 0 saturated carbocycles. The number of nitrogens with zero attached hydrogens (tertiary/aromatic N) is 1. The van der Waals surface area contributed by atoms with E-state index in [2.05, 4.69) is 10.3 Å². The quantitative estimate of drug-likeness (QED) is 0.841. The van der Waals surface area contributed by atoms with Gasteiger partial charge in [0.2, 0.25) is 5.88 Å². The van der Waals surface area contributed by atoms with Crippen LogP contribution in [0.25, 0.3) is 0 Å². The van der Waals surface area contributed by atoms with Crippen molar-refractivity contribution in [3.05, 3.63) is 53.7 Å². The molecule has 2 aromatic rings. The molecule has 4 heteroatoms. The van der Waals surface area contributed by atoms with Crippen LogP contribution in [0.15, 0.2) is 42.6 Å². The normalized spacial score (nSPS) is 10.5. The standard InChI is InChI=1S/C16H20N2O2/c1-17-11-14-5-8-16(18-12-14)20-15-6-3-13(4-7-15)9-10-19-2/h3-8,12,17H,9-11H2,1-2H3. The number of ether oxygens (including phenoxy) is 2. The summed E-state index contributed by atoms with van der Waals surface area (Å²) in [6.07, 6.45) is 2.73. The van der Waals surface area contributed by atoms with E-state index >= 15 is 0 Å². The van der Waals surface area contributed by atoms with E-state index in [0.29, 0.717) is 5.88 Å². The van der Waals surface area contributed by atoms with Crippen LogP contribution in [-0.2, 0) is 17.7 Å². The third-order valence-electron chi connectivity index (χ3n) is 2.92. The molecule has 0 fully saturated rings. The van der Waals surface area contributed by atoms with Crippen molar-refractivity contribution in [2.45, 2.75) is 13.0 Å². The summed E-state index contributed by atoms with van der Waals surface area (Å²) in [7, 11) is 3.62. The Hall–Kier alpha value is -1.91. The first-order chi connectivity index (χ1) is 9.81. The predicted molar refractivity (Wildman–Crippen MR) is 79.1 cm³/mol. The summed E-state index contributed by atoms with van der Waals surface area (Å²) < 4.78 is 10.8. The van der Waals surface area contributed by atoms with Crippen molar-refractivity contribution < 1.29 is 9.47 Å². The molecule has 0 bridgehead atoms. The summed E-state index contributed by atoms with van der Waals surface area (Å²) >= 11 is 0. The van der Waals surface area contributed by atoms with Crippen molar-refractivity contribution in [3.8, 4) is 11.6 Å². The summed E-state index contributed by atoms with van der Waals surface area (Å²) in [6.45, 7) is 1.54. The van der Waals surface area contributed by atoms with Gasteiger partial charge in [-0.15, -0.1) is 0 Å². The molecule has 0 aliphatic heterocycles. The molecule has 0 radical (unpaired) electrons. The zero-order valence-electron chi connectivity index (χ0n) is 11.9. The average Bonchev–Trinajstić information content (AvgIpc) is 2.49. The van der Waals surface area contributed by atoms with E-state index in [1.54, 1.807) is 7.11 Å². The number of pyridine rings is 1. The van der Waals surface area contributed by atoms with Gasteiger partial charge in [0.05, 0.1) is 6.61 Å². The first-order valence-corrected chi connectivity index (χ1v) is 6.67. The van der Waals surface area contributed by atoms with Gasteiger partial charge in [-0.3, -0.25) is 0 Å². The van der Waals surface area contributed by atoms with E-state index < -0.39 is 0 Å². The van der Waals surface area contributed by atoms with Crippen LogP contribution in [0.4, 0.5) is 0 Å². The molecule has 0 saturated heterocycles. The van der Waals surface area contributed by atoms with Crippen LogP contribution in [0.1, 0.15) is 11.1 Å². The predicted octanol–water partition coefficient (Wildman–Crippen LogP) is 2.78. The zero-order valence-corrected chi connectivity index (χ0v) is 11.9. The lowest BCUT2D eigenvalue weighted by molar-refractivity contribution is 0.202. The lowest BCUT2D eigenvalue weighted by atomic mass is 10.1. The fourth-order valence-electron chi connectivity index (χ4n) is 1.84. The third-order valence-corrected chi connectivity index (χ3v) is 2.92. The maximum atomic E-state index is 5.71. The van der Waals surface area contributed by atoms with Gasteiger partial charge in [0, 0.05) is 25.9 Å². The Morgan fingerprint density at radius 2 is 1.80 bits per heavy atom. The Morgan fingerprint density at radius 3 is 2.40 bits per heavy atom. The molecular formula is C16H20N2O2. The van der Waals surface area contributed by atoms with Crippen LogP contribution in [0.2, 0.25) is 0 Å². The number of aromatic nitrogens is 1. The Bertz CT molecular complexity index is 509. The smallest absolute Gasteiger partial charge is 0.219 e. The highest BCUT2D eigenvalue weighted by Crippen LogP contribution is 2.20. The lowest BCUT2D eigenvalue weighted by Crippen LogP contribution is -2.05. The van der Waals surface area contributed by atoms with Gasteiger partial charge in [0.1, 0.15) is 5.75 Å². The van der Waals surface area contributed by atoms with Gasteiger partial charge in [0.15, 0.2) is 0 Å². The Balaban J connectivity index is 1.95. The summed E-state index contributed by atoms with van der Waals surface area (Å²) in [5, 5.41) is 3.09. The lowest BCUT2D eigenvalue weighted by Gasteiger charge is -2.07. The Labute approximate surface area is 119 Å². The molecule has 1 aromatic carbocycles. The monoisotopic (exact) mass is 272 g/mol. The molecule has 0 amide bonds. The fraction of sp³-hybridized carbons (Fsp3) is 0.312. The molecule has 4 nitrogen and oxygen atoms in total. The molecule has 0 atom stereocenters. The molecule has 1 N–H and O–H groups in total. The largest absolute Gasteiger partial charge is 0.439 e. The number of hydrogen-bond donors (Lipinski definition) is 1. The van der Waals surface area contributed by atoms with Crippen molar-refractivity contribution in [2.75, 3.05) is 20.8 Å². The summed E-state index contributed by atoms with van der Waals surface area (Å²) in [5.74, 6) is 1.40. The summed E-state index contributed by atoms with van der Waals surface area (Å²) in [6, 6.07) is 11.9. The van der Waals surface area contributed by atoms with Gasteiger partial charge in [-0.1, -0.05) is 18.2 Å². The van der Waals surface area contributed by atoms with Gasteiger partial charge in [0.25, 0.3) is 0 Å². The van der Waals surface area contributed by atoms with E-state index in [0.717, 1.165) is 30.9 Å². The van der Waals surface area contributed by atoms with Crippen molar-refractivity contribution in [2.24, 2.45) is 0 Å². The summed E-state index contributed by atoms with van der Waals surface area (Å²) in [5.41, 5.74) is 2.37. The van der Waals surface area contributed by atoms with E-state index in [1.807, 2.05) is 49.6 Å². The highest BCUT2D eigenvalue weighted by Gasteiger charge is 2.00. The van der Waals surface area contributed by atoms with E-state index in [1.165, 1.54) is 5.56 Å². The molecule has 106 valence electrons. The van der Waals surface area contributed by atoms with Crippen LogP contribution >= 0.6 is 0 Å². The van der Waals surface area contributed by atoms with Crippen molar-refractivity contribution in [3.63, 3.8) is 0 Å². The van der Waals surface area contributed by atoms with Crippen LogP contribution in [0.3, 0.4) is 0 Å². The average molecular weight is 272 g/mol. The summed E-state index contributed by atoms with van der Waals surface area (Å²) in [4.78, 5) is 4.28. The molecule has 1 aromatic heterocycles. The third kappa shape index (κ3) is 4.33. The fourth-order valence-corrected chi connectivity index (χ4v) is 1.84. The first-order valence-electron chi connectivity index (χ1n) is 6.67. The molecule has 0 spiro atoms. The SMILES string of the molecule is CNCc1ccc(Oc2ccc(CCOC)cc2)nc1. The molecule has 20 heavy (non-hydrogen) atoms.